The van der Waals surface area contributed by atoms with E-state index in [2.05, 4.69) is 35.1 Å². The molecule has 3 heteroatoms. The first-order valence-electron chi connectivity index (χ1n) is 6.30. The van der Waals surface area contributed by atoms with Gasteiger partial charge in [0, 0.05) is 17.1 Å². The van der Waals surface area contributed by atoms with E-state index in [1.807, 2.05) is 6.07 Å². The molecular formula is C14H21BrFN. The molecule has 0 saturated carbocycles. The SMILES string of the molecule is CCCCCC(C)NCc1cc(F)cc(Br)c1. The molecule has 0 fully saturated rings. The summed E-state index contributed by atoms with van der Waals surface area (Å²) in [6, 6.07) is 5.50. The van der Waals surface area contributed by atoms with Gasteiger partial charge in [0.1, 0.15) is 5.82 Å². The molecule has 0 radical (unpaired) electrons. The first kappa shape index (κ1) is 14.7. The minimum atomic E-state index is -0.185. The van der Waals surface area contributed by atoms with Crippen molar-refractivity contribution >= 4 is 15.9 Å². The van der Waals surface area contributed by atoms with Crippen LogP contribution >= 0.6 is 15.9 Å². The maximum atomic E-state index is 13.1. The molecule has 1 nitrogen and oxygen atoms in total. The van der Waals surface area contributed by atoms with Gasteiger partial charge in [0.25, 0.3) is 0 Å². The topological polar surface area (TPSA) is 12.0 Å². The quantitative estimate of drug-likeness (QED) is 0.723. The lowest BCUT2D eigenvalue weighted by Gasteiger charge is -2.13. The van der Waals surface area contributed by atoms with E-state index in [0.717, 1.165) is 16.6 Å². The van der Waals surface area contributed by atoms with E-state index < -0.39 is 0 Å². The highest BCUT2D eigenvalue weighted by molar-refractivity contribution is 9.10. The van der Waals surface area contributed by atoms with Gasteiger partial charge in [-0.15, -0.1) is 0 Å². The fourth-order valence-corrected chi connectivity index (χ4v) is 2.32. The fraction of sp³-hybridized carbons (Fsp3) is 0.571. The number of halogens is 2. The zero-order valence-electron chi connectivity index (χ0n) is 10.6. The third-order valence-corrected chi connectivity index (χ3v) is 3.28. The zero-order chi connectivity index (χ0) is 12.7. The van der Waals surface area contributed by atoms with Crippen LogP contribution in [0.1, 0.15) is 45.1 Å². The Balaban J connectivity index is 2.34. The summed E-state index contributed by atoms with van der Waals surface area (Å²) in [5.74, 6) is -0.185. The van der Waals surface area contributed by atoms with E-state index >= 15 is 0 Å². The third kappa shape index (κ3) is 6.18. The Morgan fingerprint density at radius 3 is 2.71 bits per heavy atom. The lowest BCUT2D eigenvalue weighted by molar-refractivity contribution is 0.486. The molecule has 0 aliphatic heterocycles. The summed E-state index contributed by atoms with van der Waals surface area (Å²) < 4.78 is 13.9. The Kier molecular flexibility index (Phi) is 6.75. The van der Waals surface area contributed by atoms with E-state index in [0.29, 0.717) is 6.04 Å². The average Bonchev–Trinajstić information content (AvgIpc) is 2.25. The summed E-state index contributed by atoms with van der Waals surface area (Å²) in [6.07, 6.45) is 4.99. The molecule has 0 saturated heterocycles. The summed E-state index contributed by atoms with van der Waals surface area (Å²) in [4.78, 5) is 0. The highest BCUT2D eigenvalue weighted by Gasteiger charge is 2.03. The van der Waals surface area contributed by atoms with Gasteiger partial charge in [-0.25, -0.2) is 4.39 Å². The maximum absolute atomic E-state index is 13.1. The molecule has 0 spiro atoms. The van der Waals surface area contributed by atoms with Gasteiger partial charge in [-0.3, -0.25) is 0 Å². The molecule has 1 N–H and O–H groups in total. The molecule has 96 valence electrons. The van der Waals surface area contributed by atoms with Gasteiger partial charge in [-0.05, 0) is 37.1 Å². The van der Waals surface area contributed by atoms with Crippen LogP contribution in [-0.2, 0) is 6.54 Å². The normalized spacial score (nSPS) is 12.7. The minimum absolute atomic E-state index is 0.185. The summed E-state index contributed by atoms with van der Waals surface area (Å²) in [7, 11) is 0. The van der Waals surface area contributed by atoms with Crippen LogP contribution in [0.2, 0.25) is 0 Å². The van der Waals surface area contributed by atoms with Crippen LogP contribution in [-0.4, -0.2) is 6.04 Å². The second-order valence-corrected chi connectivity index (χ2v) is 5.47. The second-order valence-electron chi connectivity index (χ2n) is 4.56. The van der Waals surface area contributed by atoms with Crippen molar-refractivity contribution in [2.45, 2.75) is 52.1 Å². The molecule has 0 amide bonds. The molecule has 0 heterocycles. The lowest BCUT2D eigenvalue weighted by atomic mass is 10.1. The van der Waals surface area contributed by atoms with Gasteiger partial charge in [0.15, 0.2) is 0 Å². The minimum Gasteiger partial charge on any atom is -0.310 e. The molecule has 17 heavy (non-hydrogen) atoms. The Morgan fingerprint density at radius 1 is 1.29 bits per heavy atom. The average molecular weight is 302 g/mol. The molecule has 1 atom stereocenters. The summed E-state index contributed by atoms with van der Waals surface area (Å²) in [5.41, 5.74) is 0.985. The van der Waals surface area contributed by atoms with Gasteiger partial charge in [0.2, 0.25) is 0 Å². The third-order valence-electron chi connectivity index (χ3n) is 2.82. The smallest absolute Gasteiger partial charge is 0.124 e. The van der Waals surface area contributed by atoms with Crippen LogP contribution in [0.25, 0.3) is 0 Å². The highest BCUT2D eigenvalue weighted by Crippen LogP contribution is 2.15. The summed E-state index contributed by atoms with van der Waals surface area (Å²) >= 11 is 3.30. The predicted octanol–water partition coefficient (Wildman–Crippen LogP) is 4.65. The predicted molar refractivity (Wildman–Crippen MR) is 74.5 cm³/mol. The molecule has 1 rings (SSSR count). The van der Waals surface area contributed by atoms with Gasteiger partial charge < -0.3 is 5.32 Å². The van der Waals surface area contributed by atoms with Crippen molar-refractivity contribution < 1.29 is 4.39 Å². The van der Waals surface area contributed by atoms with E-state index in [9.17, 15) is 4.39 Å². The Morgan fingerprint density at radius 2 is 2.06 bits per heavy atom. The fourth-order valence-electron chi connectivity index (χ4n) is 1.81. The number of benzene rings is 1. The van der Waals surface area contributed by atoms with E-state index in [-0.39, 0.29) is 5.82 Å². The van der Waals surface area contributed by atoms with E-state index in [1.54, 1.807) is 6.07 Å². The van der Waals surface area contributed by atoms with Crippen molar-refractivity contribution in [3.63, 3.8) is 0 Å². The van der Waals surface area contributed by atoms with Crippen molar-refractivity contribution in [3.8, 4) is 0 Å². The van der Waals surface area contributed by atoms with Gasteiger partial charge >= 0.3 is 0 Å². The Labute approximate surface area is 112 Å². The number of hydrogen-bond donors (Lipinski definition) is 1. The van der Waals surface area contributed by atoms with Crippen molar-refractivity contribution in [1.82, 2.24) is 5.32 Å². The number of unbranched alkanes of at least 4 members (excludes halogenated alkanes) is 2. The van der Waals surface area contributed by atoms with Crippen LogP contribution in [0, 0.1) is 5.82 Å². The molecule has 1 aromatic carbocycles. The van der Waals surface area contributed by atoms with Crippen molar-refractivity contribution in [2.75, 3.05) is 0 Å². The highest BCUT2D eigenvalue weighted by atomic mass is 79.9. The molecule has 0 aliphatic rings. The van der Waals surface area contributed by atoms with Crippen molar-refractivity contribution in [1.29, 1.82) is 0 Å². The number of hydrogen-bond acceptors (Lipinski definition) is 1. The monoisotopic (exact) mass is 301 g/mol. The standard InChI is InChI=1S/C14H21BrFN/c1-3-4-5-6-11(2)17-10-12-7-13(15)9-14(16)8-12/h7-9,11,17H,3-6,10H2,1-2H3. The molecule has 1 unspecified atom stereocenters. The lowest BCUT2D eigenvalue weighted by Crippen LogP contribution is -2.25. The molecule has 0 aliphatic carbocycles. The zero-order valence-corrected chi connectivity index (χ0v) is 12.2. The number of nitrogens with one attached hydrogen (secondary N) is 1. The molecule has 0 aromatic heterocycles. The Hall–Kier alpha value is -0.410. The van der Waals surface area contributed by atoms with E-state index in [4.69, 9.17) is 0 Å². The van der Waals surface area contributed by atoms with Crippen molar-refractivity contribution in [3.05, 3.63) is 34.1 Å². The maximum Gasteiger partial charge on any atom is 0.124 e. The Bertz CT molecular complexity index is 321. The van der Waals surface area contributed by atoms with Crippen molar-refractivity contribution in [2.24, 2.45) is 0 Å². The van der Waals surface area contributed by atoms with Crippen LogP contribution in [0.15, 0.2) is 22.7 Å². The van der Waals surface area contributed by atoms with E-state index in [1.165, 1.54) is 31.7 Å². The van der Waals surface area contributed by atoms with Gasteiger partial charge in [0.05, 0.1) is 0 Å². The first-order valence-corrected chi connectivity index (χ1v) is 7.09. The van der Waals surface area contributed by atoms with Gasteiger partial charge in [-0.1, -0.05) is 42.1 Å². The largest absolute Gasteiger partial charge is 0.310 e. The number of rotatable bonds is 7. The summed E-state index contributed by atoms with van der Waals surface area (Å²) in [6.45, 7) is 5.12. The van der Waals surface area contributed by atoms with Crippen LogP contribution in [0.5, 0.6) is 0 Å². The second kappa shape index (κ2) is 7.83. The first-order chi connectivity index (χ1) is 8.11. The van der Waals surface area contributed by atoms with Gasteiger partial charge in [-0.2, -0.15) is 0 Å². The molecule has 0 bridgehead atoms. The molecular weight excluding hydrogens is 281 g/mol. The summed E-state index contributed by atoms with van der Waals surface area (Å²) in [5, 5.41) is 3.42. The van der Waals surface area contributed by atoms with Crippen LogP contribution in [0.3, 0.4) is 0 Å². The molecule has 1 aromatic rings. The van der Waals surface area contributed by atoms with Crippen LogP contribution in [0.4, 0.5) is 4.39 Å². The van der Waals surface area contributed by atoms with Crippen LogP contribution < -0.4 is 5.32 Å².